The van der Waals surface area contributed by atoms with Gasteiger partial charge < -0.3 is 10.5 Å². The van der Waals surface area contributed by atoms with Gasteiger partial charge in [-0.3, -0.25) is 4.79 Å². The van der Waals surface area contributed by atoms with Crippen LogP contribution in [0.1, 0.15) is 25.3 Å². The summed E-state index contributed by atoms with van der Waals surface area (Å²) >= 11 is 1.20. The molecule has 1 aromatic rings. The van der Waals surface area contributed by atoms with Gasteiger partial charge in [0.25, 0.3) is 5.91 Å². The summed E-state index contributed by atoms with van der Waals surface area (Å²) in [6.45, 7) is 2.86. The van der Waals surface area contributed by atoms with Gasteiger partial charge in [-0.05, 0) is 42.0 Å². The fourth-order valence-corrected chi connectivity index (χ4v) is 2.25. The maximum absolute atomic E-state index is 11.4. The quantitative estimate of drug-likeness (QED) is 0.663. The van der Waals surface area contributed by atoms with Crippen molar-refractivity contribution in [2.24, 2.45) is 10.7 Å². The largest absolute Gasteiger partial charge is 0.494 e. The number of rotatable bonds is 5. The van der Waals surface area contributed by atoms with E-state index < -0.39 is 0 Å². The Morgan fingerprint density at radius 2 is 2.11 bits per heavy atom. The number of nitrogens with two attached hydrogens (primary N) is 1. The third kappa shape index (κ3) is 3.86. The lowest BCUT2D eigenvalue weighted by molar-refractivity contribution is -0.113. The minimum absolute atomic E-state index is 0.272. The second-order valence-electron chi connectivity index (χ2n) is 4.14. The lowest BCUT2D eigenvalue weighted by Crippen LogP contribution is -2.01. The highest BCUT2D eigenvalue weighted by Crippen LogP contribution is 2.26. The van der Waals surface area contributed by atoms with Crippen LogP contribution in [0.3, 0.4) is 0 Å². The number of carbonyl (C=O) groups excluding carboxylic acids is 1. The summed E-state index contributed by atoms with van der Waals surface area (Å²) in [5, 5.41) is 0.302. The highest BCUT2D eigenvalue weighted by molar-refractivity contribution is 8.18. The summed E-state index contributed by atoms with van der Waals surface area (Å²) in [5.41, 5.74) is 6.43. The summed E-state index contributed by atoms with van der Waals surface area (Å²) in [6.07, 6.45) is 3.95. The molecular weight excluding hydrogens is 260 g/mol. The molecule has 100 valence electrons. The second-order valence-corrected chi connectivity index (χ2v) is 5.20. The van der Waals surface area contributed by atoms with E-state index in [1.807, 2.05) is 24.3 Å². The molecule has 2 rings (SSSR count). The van der Waals surface area contributed by atoms with Crippen molar-refractivity contribution in [3.8, 4) is 5.75 Å². The van der Waals surface area contributed by atoms with Crippen molar-refractivity contribution in [2.75, 3.05) is 6.61 Å². The Labute approximate surface area is 116 Å². The monoisotopic (exact) mass is 276 g/mol. The van der Waals surface area contributed by atoms with Crippen LogP contribution in [0.2, 0.25) is 0 Å². The Morgan fingerprint density at radius 3 is 2.68 bits per heavy atom. The van der Waals surface area contributed by atoms with E-state index in [9.17, 15) is 4.79 Å². The van der Waals surface area contributed by atoms with E-state index in [-0.39, 0.29) is 5.91 Å². The zero-order valence-electron chi connectivity index (χ0n) is 10.8. The SMILES string of the molecule is CCCCOc1ccc(/C=C2/SC(N)=NC2=O)cc1. The Hall–Kier alpha value is -1.75. The van der Waals surface area contributed by atoms with Crippen LogP contribution in [0, 0.1) is 0 Å². The molecule has 1 aliphatic rings. The number of unbranched alkanes of at least 4 members (excludes halogenated alkanes) is 1. The van der Waals surface area contributed by atoms with Crippen LogP contribution in [0.4, 0.5) is 0 Å². The molecule has 0 atom stereocenters. The zero-order chi connectivity index (χ0) is 13.7. The maximum atomic E-state index is 11.4. The van der Waals surface area contributed by atoms with E-state index in [1.165, 1.54) is 11.8 Å². The standard InChI is InChI=1S/C14H16N2O2S/c1-2-3-8-18-11-6-4-10(5-7-11)9-12-13(17)16-14(15)19-12/h4-7,9H,2-3,8H2,1H3,(H2,15,16,17)/b12-9+. The van der Waals surface area contributed by atoms with Crippen LogP contribution < -0.4 is 10.5 Å². The van der Waals surface area contributed by atoms with Crippen molar-refractivity contribution in [1.82, 2.24) is 0 Å². The first kappa shape index (κ1) is 13.7. The molecule has 2 N–H and O–H groups in total. The summed E-state index contributed by atoms with van der Waals surface area (Å²) < 4.78 is 5.57. The molecule has 0 aliphatic carbocycles. The number of benzene rings is 1. The predicted molar refractivity (Wildman–Crippen MR) is 79.0 cm³/mol. The van der Waals surface area contributed by atoms with Crippen molar-refractivity contribution >= 4 is 28.9 Å². The van der Waals surface area contributed by atoms with Crippen molar-refractivity contribution in [3.63, 3.8) is 0 Å². The van der Waals surface area contributed by atoms with Crippen molar-refractivity contribution < 1.29 is 9.53 Å². The lowest BCUT2D eigenvalue weighted by Gasteiger charge is -2.05. The van der Waals surface area contributed by atoms with Crippen LogP contribution in [-0.2, 0) is 4.79 Å². The van der Waals surface area contributed by atoms with Gasteiger partial charge in [-0.25, -0.2) is 0 Å². The van der Waals surface area contributed by atoms with Gasteiger partial charge in [-0.15, -0.1) is 0 Å². The summed E-state index contributed by atoms with van der Waals surface area (Å²) in [5.74, 6) is 0.572. The third-order valence-corrected chi connectivity index (χ3v) is 3.39. The van der Waals surface area contributed by atoms with Gasteiger partial charge in [0.05, 0.1) is 11.5 Å². The highest BCUT2D eigenvalue weighted by Gasteiger charge is 2.19. The Kier molecular flexibility index (Phi) is 4.63. The van der Waals surface area contributed by atoms with Crippen molar-refractivity contribution in [3.05, 3.63) is 34.7 Å². The molecule has 0 radical (unpaired) electrons. The van der Waals surface area contributed by atoms with Crippen LogP contribution in [0.15, 0.2) is 34.2 Å². The first-order chi connectivity index (χ1) is 9.19. The average Bonchev–Trinajstić information content (AvgIpc) is 2.70. The van der Waals surface area contributed by atoms with Gasteiger partial charge in [0.15, 0.2) is 5.17 Å². The first-order valence-electron chi connectivity index (χ1n) is 6.20. The van der Waals surface area contributed by atoms with E-state index >= 15 is 0 Å². The van der Waals surface area contributed by atoms with Crippen molar-refractivity contribution in [2.45, 2.75) is 19.8 Å². The van der Waals surface area contributed by atoms with E-state index in [1.54, 1.807) is 6.08 Å². The van der Waals surface area contributed by atoms with E-state index in [0.717, 1.165) is 30.8 Å². The average molecular weight is 276 g/mol. The van der Waals surface area contributed by atoms with E-state index in [0.29, 0.717) is 10.1 Å². The zero-order valence-corrected chi connectivity index (χ0v) is 11.6. The number of hydrogen-bond acceptors (Lipinski definition) is 4. The number of carbonyl (C=O) groups is 1. The number of nitrogens with zero attached hydrogens (tertiary/aromatic N) is 1. The number of thioether (sulfide) groups is 1. The topological polar surface area (TPSA) is 64.7 Å². The molecule has 1 amide bonds. The molecule has 0 saturated carbocycles. The summed E-state index contributed by atoms with van der Waals surface area (Å²) in [6, 6.07) is 7.62. The molecule has 1 heterocycles. The van der Waals surface area contributed by atoms with Crippen molar-refractivity contribution in [1.29, 1.82) is 0 Å². The van der Waals surface area contributed by atoms with Gasteiger partial charge in [0.1, 0.15) is 5.75 Å². The number of aliphatic imine (C=N–C) groups is 1. The molecule has 5 heteroatoms. The Balaban J connectivity index is 1.99. The smallest absolute Gasteiger partial charge is 0.286 e. The van der Waals surface area contributed by atoms with Crippen LogP contribution in [-0.4, -0.2) is 17.7 Å². The highest BCUT2D eigenvalue weighted by atomic mass is 32.2. The van der Waals surface area contributed by atoms with Crippen LogP contribution >= 0.6 is 11.8 Å². The number of ether oxygens (including phenoxy) is 1. The molecule has 0 aromatic heterocycles. The summed E-state index contributed by atoms with van der Waals surface area (Å²) in [4.78, 5) is 15.7. The number of hydrogen-bond donors (Lipinski definition) is 1. The molecule has 0 spiro atoms. The fourth-order valence-electron chi connectivity index (χ4n) is 1.57. The van der Waals surface area contributed by atoms with Crippen LogP contribution in [0.25, 0.3) is 6.08 Å². The van der Waals surface area contributed by atoms with Gasteiger partial charge in [-0.1, -0.05) is 25.5 Å². The predicted octanol–water partition coefficient (Wildman–Crippen LogP) is 2.79. The van der Waals surface area contributed by atoms with E-state index in [4.69, 9.17) is 10.5 Å². The fraction of sp³-hybridized carbons (Fsp3) is 0.286. The van der Waals surface area contributed by atoms with Crippen LogP contribution in [0.5, 0.6) is 5.75 Å². The Bertz CT molecular complexity index is 521. The van der Waals surface area contributed by atoms with Gasteiger partial charge >= 0.3 is 0 Å². The molecule has 0 unspecified atom stereocenters. The lowest BCUT2D eigenvalue weighted by atomic mass is 10.2. The minimum Gasteiger partial charge on any atom is -0.494 e. The second kappa shape index (κ2) is 6.43. The first-order valence-corrected chi connectivity index (χ1v) is 7.01. The molecule has 0 fully saturated rings. The minimum atomic E-state index is -0.272. The molecule has 19 heavy (non-hydrogen) atoms. The molecule has 1 aromatic carbocycles. The molecule has 4 nitrogen and oxygen atoms in total. The number of amides is 1. The maximum Gasteiger partial charge on any atom is 0.286 e. The third-order valence-electron chi connectivity index (χ3n) is 2.58. The molecular formula is C14H16N2O2S. The van der Waals surface area contributed by atoms with E-state index in [2.05, 4.69) is 11.9 Å². The van der Waals surface area contributed by atoms with Gasteiger partial charge in [0, 0.05) is 0 Å². The molecule has 0 saturated heterocycles. The molecule has 0 bridgehead atoms. The number of amidine groups is 1. The van der Waals surface area contributed by atoms with Gasteiger partial charge in [0.2, 0.25) is 0 Å². The molecule has 1 aliphatic heterocycles. The Morgan fingerprint density at radius 1 is 1.37 bits per heavy atom. The normalized spacial score (nSPS) is 16.8. The van der Waals surface area contributed by atoms with Gasteiger partial charge in [-0.2, -0.15) is 4.99 Å². The summed E-state index contributed by atoms with van der Waals surface area (Å²) in [7, 11) is 0.